The molecule has 1 saturated heterocycles. The maximum atomic E-state index is 13.2. The van der Waals surface area contributed by atoms with Crippen molar-refractivity contribution in [2.24, 2.45) is 5.92 Å². The number of Topliss-reactive ketones (excluding diaryl/α,β-unsaturated/α-hetero) is 1. The fourth-order valence-electron chi connectivity index (χ4n) is 3.33. The summed E-state index contributed by atoms with van der Waals surface area (Å²) >= 11 is 0. The van der Waals surface area contributed by atoms with Crippen LogP contribution in [-0.2, 0) is 11.3 Å². The Balaban J connectivity index is 1.39. The van der Waals surface area contributed by atoms with Crippen LogP contribution in [-0.4, -0.2) is 44.0 Å². The van der Waals surface area contributed by atoms with Crippen LogP contribution in [0.25, 0.3) is 5.69 Å². The van der Waals surface area contributed by atoms with Crippen LogP contribution in [0.15, 0.2) is 36.7 Å². The van der Waals surface area contributed by atoms with E-state index in [4.69, 9.17) is 9.47 Å². The van der Waals surface area contributed by atoms with Crippen LogP contribution in [0.5, 0.6) is 5.88 Å². The number of halogens is 1. The molecular weight excluding hydrogens is 389 g/mol. The van der Waals surface area contributed by atoms with Crippen LogP contribution in [0.3, 0.4) is 0 Å². The number of hydrogen-bond acceptors (Lipinski definition) is 7. The van der Waals surface area contributed by atoms with E-state index in [1.54, 1.807) is 16.8 Å². The molecule has 0 saturated carbocycles. The highest BCUT2D eigenvalue weighted by Crippen LogP contribution is 2.21. The van der Waals surface area contributed by atoms with E-state index in [2.05, 4.69) is 20.3 Å². The first-order valence-corrected chi connectivity index (χ1v) is 9.83. The van der Waals surface area contributed by atoms with Gasteiger partial charge in [-0.1, -0.05) is 5.21 Å². The lowest BCUT2D eigenvalue weighted by atomic mass is 9.93. The van der Waals surface area contributed by atoms with Crippen molar-refractivity contribution in [3.63, 3.8) is 0 Å². The average Bonchev–Trinajstić information content (AvgIpc) is 3.14. The van der Waals surface area contributed by atoms with Gasteiger partial charge in [-0.05, 0) is 49.9 Å². The number of rotatable bonds is 7. The molecule has 0 amide bonds. The van der Waals surface area contributed by atoms with Gasteiger partial charge in [0.15, 0.2) is 5.78 Å². The maximum Gasteiger partial charge on any atom is 0.232 e. The van der Waals surface area contributed by atoms with Crippen LogP contribution in [0.2, 0.25) is 0 Å². The van der Waals surface area contributed by atoms with Gasteiger partial charge in [0.1, 0.15) is 23.8 Å². The molecule has 9 heteroatoms. The standard InChI is InChI=1S/C21H22FN5O3/c1-14-19(27(26-25-14)17-4-2-16(22)3-5-17)13-30-21-12-23-18(11-24-21)20(28)10-15-6-8-29-9-7-15/h2-5,11-12,15H,6-10,13H2,1H3. The third kappa shape index (κ3) is 4.68. The molecule has 1 fully saturated rings. The molecule has 3 heterocycles. The lowest BCUT2D eigenvalue weighted by molar-refractivity contribution is 0.0599. The Bertz CT molecular complexity index is 998. The minimum Gasteiger partial charge on any atom is -0.470 e. The van der Waals surface area contributed by atoms with Gasteiger partial charge >= 0.3 is 0 Å². The smallest absolute Gasteiger partial charge is 0.232 e. The van der Waals surface area contributed by atoms with Crippen LogP contribution >= 0.6 is 0 Å². The summed E-state index contributed by atoms with van der Waals surface area (Å²) in [5.74, 6) is 0.292. The van der Waals surface area contributed by atoms with Crippen molar-refractivity contribution >= 4 is 5.78 Å². The molecule has 0 aliphatic carbocycles. The summed E-state index contributed by atoms with van der Waals surface area (Å²) in [7, 11) is 0. The molecule has 156 valence electrons. The van der Waals surface area contributed by atoms with E-state index in [0.29, 0.717) is 54.2 Å². The van der Waals surface area contributed by atoms with E-state index < -0.39 is 0 Å². The summed E-state index contributed by atoms with van der Waals surface area (Å²) in [6, 6.07) is 5.95. The molecule has 0 spiro atoms. The molecule has 0 bridgehead atoms. The lowest BCUT2D eigenvalue weighted by Gasteiger charge is -2.20. The molecule has 0 N–H and O–H groups in total. The van der Waals surface area contributed by atoms with E-state index in [9.17, 15) is 9.18 Å². The lowest BCUT2D eigenvalue weighted by Crippen LogP contribution is -2.19. The normalized spacial score (nSPS) is 14.6. The molecule has 0 unspecified atom stereocenters. The average molecular weight is 411 g/mol. The zero-order valence-electron chi connectivity index (χ0n) is 16.6. The number of carbonyl (C=O) groups is 1. The molecule has 30 heavy (non-hydrogen) atoms. The van der Waals surface area contributed by atoms with Crippen molar-refractivity contribution in [1.82, 2.24) is 25.0 Å². The third-order valence-corrected chi connectivity index (χ3v) is 5.11. The number of hydrogen-bond donors (Lipinski definition) is 0. The predicted molar refractivity (Wildman–Crippen MR) is 105 cm³/mol. The number of aromatic nitrogens is 5. The molecule has 1 aliphatic rings. The molecule has 8 nitrogen and oxygen atoms in total. The zero-order valence-corrected chi connectivity index (χ0v) is 16.6. The first-order valence-electron chi connectivity index (χ1n) is 9.83. The molecular formula is C21H22FN5O3. The van der Waals surface area contributed by atoms with Crippen molar-refractivity contribution in [3.05, 3.63) is 59.6 Å². The topological polar surface area (TPSA) is 92.0 Å². The van der Waals surface area contributed by atoms with Gasteiger partial charge in [-0.3, -0.25) is 4.79 Å². The summed E-state index contributed by atoms with van der Waals surface area (Å²) in [6.07, 6.45) is 5.14. The predicted octanol–water partition coefficient (Wildman–Crippen LogP) is 3.08. The van der Waals surface area contributed by atoms with Crippen LogP contribution in [0.1, 0.15) is 41.1 Å². The van der Waals surface area contributed by atoms with Gasteiger partial charge in [0.05, 0.1) is 23.8 Å². The molecule has 2 aromatic heterocycles. The highest BCUT2D eigenvalue weighted by Gasteiger charge is 2.19. The minimum atomic E-state index is -0.324. The van der Waals surface area contributed by atoms with E-state index in [1.165, 1.54) is 24.5 Å². The highest BCUT2D eigenvalue weighted by molar-refractivity contribution is 5.94. The zero-order chi connectivity index (χ0) is 20.9. The first kappa shape index (κ1) is 20.1. The van der Waals surface area contributed by atoms with E-state index in [0.717, 1.165) is 12.8 Å². The summed E-state index contributed by atoms with van der Waals surface area (Å²) < 4.78 is 25.8. The fraction of sp³-hybridized carbons (Fsp3) is 0.381. The summed E-state index contributed by atoms with van der Waals surface area (Å²) in [5, 5.41) is 8.17. The summed E-state index contributed by atoms with van der Waals surface area (Å²) in [4.78, 5) is 20.8. The Kier molecular flexibility index (Phi) is 6.08. The Morgan fingerprint density at radius 3 is 2.67 bits per heavy atom. The second-order valence-corrected chi connectivity index (χ2v) is 7.22. The Labute approximate surface area is 173 Å². The van der Waals surface area contributed by atoms with Gasteiger partial charge in [0.25, 0.3) is 0 Å². The summed E-state index contributed by atoms with van der Waals surface area (Å²) in [6.45, 7) is 3.38. The summed E-state index contributed by atoms with van der Waals surface area (Å²) in [5.41, 5.74) is 2.41. The van der Waals surface area contributed by atoms with Crippen molar-refractivity contribution < 1.29 is 18.7 Å². The Morgan fingerprint density at radius 1 is 1.20 bits per heavy atom. The van der Waals surface area contributed by atoms with Crippen LogP contribution in [0.4, 0.5) is 4.39 Å². The quantitative estimate of drug-likeness (QED) is 0.552. The largest absolute Gasteiger partial charge is 0.470 e. The van der Waals surface area contributed by atoms with Crippen LogP contribution in [0, 0.1) is 18.7 Å². The second kappa shape index (κ2) is 9.08. The number of carbonyl (C=O) groups excluding carboxylic acids is 1. The molecule has 4 rings (SSSR count). The van der Waals surface area contributed by atoms with Crippen molar-refractivity contribution in [2.75, 3.05) is 13.2 Å². The molecule has 1 aliphatic heterocycles. The maximum absolute atomic E-state index is 13.2. The van der Waals surface area contributed by atoms with Gasteiger partial charge in [0, 0.05) is 19.6 Å². The van der Waals surface area contributed by atoms with Gasteiger partial charge in [-0.15, -0.1) is 5.10 Å². The SMILES string of the molecule is Cc1nnn(-c2ccc(F)cc2)c1COc1cnc(C(=O)CC2CCOCC2)cn1. The van der Waals surface area contributed by atoms with Gasteiger partial charge in [-0.25, -0.2) is 19.0 Å². The third-order valence-electron chi connectivity index (χ3n) is 5.11. The van der Waals surface area contributed by atoms with E-state index in [-0.39, 0.29) is 18.2 Å². The number of benzene rings is 1. The molecule has 3 aromatic rings. The minimum absolute atomic E-state index is 0.0182. The van der Waals surface area contributed by atoms with Crippen molar-refractivity contribution in [1.29, 1.82) is 0 Å². The van der Waals surface area contributed by atoms with Crippen molar-refractivity contribution in [2.45, 2.75) is 32.8 Å². The van der Waals surface area contributed by atoms with Gasteiger partial charge in [0.2, 0.25) is 5.88 Å². The number of ether oxygens (including phenoxy) is 2. The van der Waals surface area contributed by atoms with E-state index in [1.807, 2.05) is 6.92 Å². The monoisotopic (exact) mass is 411 g/mol. The molecule has 0 atom stereocenters. The number of nitrogens with zero attached hydrogens (tertiary/aromatic N) is 5. The number of aryl methyl sites for hydroxylation is 1. The fourth-order valence-corrected chi connectivity index (χ4v) is 3.33. The Morgan fingerprint density at radius 2 is 1.97 bits per heavy atom. The Hall–Kier alpha value is -3.20. The van der Waals surface area contributed by atoms with Gasteiger partial charge < -0.3 is 9.47 Å². The number of ketones is 1. The first-order chi connectivity index (χ1) is 14.6. The van der Waals surface area contributed by atoms with E-state index >= 15 is 0 Å². The molecule has 1 aromatic carbocycles. The molecule has 0 radical (unpaired) electrons. The highest BCUT2D eigenvalue weighted by atomic mass is 19.1. The van der Waals surface area contributed by atoms with Gasteiger partial charge in [-0.2, -0.15) is 0 Å². The van der Waals surface area contributed by atoms with Crippen molar-refractivity contribution in [3.8, 4) is 11.6 Å². The second-order valence-electron chi connectivity index (χ2n) is 7.22. The van der Waals surface area contributed by atoms with Crippen LogP contribution < -0.4 is 4.74 Å².